The summed E-state index contributed by atoms with van der Waals surface area (Å²) in [6.07, 6.45) is -0.184. The third kappa shape index (κ3) is 3.79. The van der Waals surface area contributed by atoms with Gasteiger partial charge in [-0.25, -0.2) is 4.79 Å². The van der Waals surface area contributed by atoms with Crippen LogP contribution >= 0.6 is 0 Å². The molecule has 2 aromatic carbocycles. The van der Waals surface area contributed by atoms with Crippen molar-refractivity contribution in [2.75, 3.05) is 25.3 Å². The lowest BCUT2D eigenvalue weighted by molar-refractivity contribution is -0.130. The van der Waals surface area contributed by atoms with E-state index in [0.717, 1.165) is 4.90 Å². The second-order valence-corrected chi connectivity index (χ2v) is 7.22. The number of rotatable bonds is 5. The molecule has 4 amide bonds. The number of benzene rings is 2. The fourth-order valence-corrected chi connectivity index (χ4v) is 3.61. The molecule has 0 aliphatic carbocycles. The van der Waals surface area contributed by atoms with E-state index in [0.29, 0.717) is 47.5 Å². The van der Waals surface area contributed by atoms with Crippen molar-refractivity contribution in [2.24, 2.45) is 0 Å². The summed E-state index contributed by atoms with van der Waals surface area (Å²) in [4.78, 5) is 38.5. The van der Waals surface area contributed by atoms with Crippen LogP contribution < -0.4 is 29.6 Å². The number of amides is 4. The topological polar surface area (TPSA) is 115 Å². The molecule has 0 bridgehead atoms. The molecule has 0 saturated carbocycles. The first kappa shape index (κ1) is 19.0. The van der Waals surface area contributed by atoms with Crippen molar-refractivity contribution < 1.29 is 33.3 Å². The van der Waals surface area contributed by atoms with E-state index in [2.05, 4.69) is 10.6 Å². The molecule has 10 nitrogen and oxygen atoms in total. The fourth-order valence-electron chi connectivity index (χ4n) is 3.61. The molecule has 5 rings (SSSR count). The van der Waals surface area contributed by atoms with Crippen LogP contribution in [0.25, 0.3) is 0 Å². The lowest BCUT2D eigenvalue weighted by atomic mass is 10.1. The quantitative estimate of drug-likeness (QED) is 0.700. The van der Waals surface area contributed by atoms with Crippen molar-refractivity contribution in [2.45, 2.75) is 19.0 Å². The molecule has 1 saturated heterocycles. The van der Waals surface area contributed by atoms with Gasteiger partial charge in [0.25, 0.3) is 5.91 Å². The summed E-state index contributed by atoms with van der Waals surface area (Å²) in [6, 6.07) is 8.80. The summed E-state index contributed by atoms with van der Waals surface area (Å²) < 4.78 is 21.5. The average Bonchev–Trinajstić information content (AvgIpc) is 3.33. The van der Waals surface area contributed by atoms with Gasteiger partial charge in [0.1, 0.15) is 19.3 Å². The summed E-state index contributed by atoms with van der Waals surface area (Å²) in [6.45, 7) is 1.13. The smallest absolute Gasteiger partial charge is 0.325 e. The molecular formula is C21H19N3O7. The second kappa shape index (κ2) is 7.71. The highest BCUT2D eigenvalue weighted by Gasteiger charge is 2.39. The molecule has 1 fully saturated rings. The van der Waals surface area contributed by atoms with Gasteiger partial charge in [0, 0.05) is 11.8 Å². The van der Waals surface area contributed by atoms with Crippen molar-refractivity contribution in [1.82, 2.24) is 10.2 Å². The molecule has 10 heteroatoms. The molecule has 31 heavy (non-hydrogen) atoms. The highest BCUT2D eigenvalue weighted by atomic mass is 16.7. The van der Waals surface area contributed by atoms with Crippen LogP contribution in [0.3, 0.4) is 0 Å². The summed E-state index contributed by atoms with van der Waals surface area (Å²) in [5, 5.41) is 5.29. The molecule has 0 radical (unpaired) electrons. The van der Waals surface area contributed by atoms with Crippen LogP contribution in [0.1, 0.15) is 12.0 Å². The third-order valence-corrected chi connectivity index (χ3v) is 5.10. The number of hydrogen-bond donors (Lipinski definition) is 2. The van der Waals surface area contributed by atoms with Crippen molar-refractivity contribution in [3.8, 4) is 23.0 Å². The minimum absolute atomic E-state index is 0.0710. The van der Waals surface area contributed by atoms with E-state index in [1.165, 1.54) is 0 Å². The summed E-state index contributed by atoms with van der Waals surface area (Å²) >= 11 is 0. The number of nitrogens with zero attached hydrogens (tertiary/aromatic N) is 1. The zero-order valence-corrected chi connectivity index (χ0v) is 16.4. The van der Waals surface area contributed by atoms with Crippen molar-refractivity contribution in [3.63, 3.8) is 0 Å². The van der Waals surface area contributed by atoms with Gasteiger partial charge in [-0.1, -0.05) is 6.07 Å². The molecule has 2 N–H and O–H groups in total. The fraction of sp³-hybridized carbons (Fsp3) is 0.286. The van der Waals surface area contributed by atoms with Crippen LogP contribution in [0.4, 0.5) is 10.5 Å². The molecular weight excluding hydrogens is 406 g/mol. The van der Waals surface area contributed by atoms with E-state index in [1.54, 1.807) is 36.4 Å². The van der Waals surface area contributed by atoms with Gasteiger partial charge in [-0.3, -0.25) is 14.5 Å². The van der Waals surface area contributed by atoms with Crippen LogP contribution in [-0.4, -0.2) is 48.8 Å². The number of urea groups is 1. The summed E-state index contributed by atoms with van der Waals surface area (Å²) in [5.41, 5.74) is 1.23. The highest BCUT2D eigenvalue weighted by Crippen LogP contribution is 2.34. The van der Waals surface area contributed by atoms with Crippen LogP contribution in [0, 0.1) is 0 Å². The van der Waals surface area contributed by atoms with Crippen LogP contribution in [0.2, 0.25) is 0 Å². The number of fused-ring (bicyclic) bond motifs is 2. The Labute approximate surface area is 177 Å². The van der Waals surface area contributed by atoms with Crippen LogP contribution in [0.15, 0.2) is 36.4 Å². The molecule has 160 valence electrons. The molecule has 1 atom stereocenters. The lowest BCUT2D eigenvalue weighted by Crippen LogP contribution is -2.34. The Kier molecular flexibility index (Phi) is 4.73. The van der Waals surface area contributed by atoms with Gasteiger partial charge in [0.2, 0.25) is 12.7 Å². The van der Waals surface area contributed by atoms with E-state index < -0.39 is 23.9 Å². The Bertz CT molecular complexity index is 1070. The van der Waals surface area contributed by atoms with Gasteiger partial charge in [0.05, 0.1) is 13.0 Å². The van der Waals surface area contributed by atoms with Crippen molar-refractivity contribution in [1.29, 1.82) is 0 Å². The first-order valence-corrected chi connectivity index (χ1v) is 9.77. The molecule has 3 aliphatic rings. The number of hydrogen-bond acceptors (Lipinski definition) is 7. The molecule has 2 aromatic rings. The molecule has 0 spiro atoms. The zero-order valence-electron chi connectivity index (χ0n) is 16.4. The number of carbonyl (C=O) groups excluding carboxylic acids is 3. The van der Waals surface area contributed by atoms with Gasteiger partial charge >= 0.3 is 6.03 Å². The predicted octanol–water partition coefficient (Wildman–Crippen LogP) is 1.64. The highest BCUT2D eigenvalue weighted by molar-refractivity contribution is 6.06. The van der Waals surface area contributed by atoms with Gasteiger partial charge in [-0.15, -0.1) is 0 Å². The molecule has 3 heterocycles. The molecule has 1 unspecified atom stereocenters. The van der Waals surface area contributed by atoms with E-state index in [1.807, 2.05) is 0 Å². The second-order valence-electron chi connectivity index (χ2n) is 7.22. The third-order valence-electron chi connectivity index (χ3n) is 5.10. The first-order valence-electron chi connectivity index (χ1n) is 9.77. The van der Waals surface area contributed by atoms with Gasteiger partial charge < -0.3 is 29.6 Å². The monoisotopic (exact) mass is 425 g/mol. The number of nitrogens with one attached hydrogen (secondary N) is 2. The number of ether oxygens (including phenoxy) is 4. The maximum Gasteiger partial charge on any atom is 0.325 e. The van der Waals surface area contributed by atoms with E-state index in [4.69, 9.17) is 18.9 Å². The normalized spacial score (nSPS) is 18.7. The minimum Gasteiger partial charge on any atom is -0.486 e. The Morgan fingerprint density at radius 2 is 1.68 bits per heavy atom. The minimum atomic E-state index is -0.932. The van der Waals surface area contributed by atoms with Crippen LogP contribution in [0.5, 0.6) is 23.0 Å². The predicted molar refractivity (Wildman–Crippen MR) is 106 cm³/mol. The first-order chi connectivity index (χ1) is 15.1. The number of anilines is 1. The van der Waals surface area contributed by atoms with E-state index in [-0.39, 0.29) is 19.8 Å². The SMILES string of the molecule is O=C(CC1NC(=O)N(Cc2ccc3c(c2)OCO3)C1=O)Nc1ccc2c(c1)OCCO2. The Morgan fingerprint density at radius 3 is 2.55 bits per heavy atom. The van der Waals surface area contributed by atoms with Crippen molar-refractivity contribution in [3.05, 3.63) is 42.0 Å². The largest absolute Gasteiger partial charge is 0.486 e. The number of imide groups is 1. The summed E-state index contributed by atoms with van der Waals surface area (Å²) in [5.74, 6) is 1.49. The maximum absolute atomic E-state index is 12.7. The number of carbonyl (C=O) groups is 3. The van der Waals surface area contributed by atoms with Gasteiger partial charge in [-0.05, 0) is 29.8 Å². The Hall–Kier alpha value is -3.95. The molecule has 3 aliphatic heterocycles. The van der Waals surface area contributed by atoms with E-state index >= 15 is 0 Å². The van der Waals surface area contributed by atoms with Crippen molar-refractivity contribution >= 4 is 23.5 Å². The Morgan fingerprint density at radius 1 is 0.968 bits per heavy atom. The van der Waals surface area contributed by atoms with E-state index in [9.17, 15) is 14.4 Å². The van der Waals surface area contributed by atoms with Gasteiger partial charge in [-0.2, -0.15) is 0 Å². The molecule has 0 aromatic heterocycles. The van der Waals surface area contributed by atoms with Crippen LogP contribution in [-0.2, 0) is 16.1 Å². The zero-order chi connectivity index (χ0) is 21.4. The average molecular weight is 425 g/mol. The Balaban J connectivity index is 1.21. The maximum atomic E-state index is 12.7. The summed E-state index contributed by atoms with van der Waals surface area (Å²) in [7, 11) is 0. The lowest BCUT2D eigenvalue weighted by Gasteiger charge is -2.19. The van der Waals surface area contributed by atoms with Gasteiger partial charge in [0.15, 0.2) is 23.0 Å². The standard InChI is InChI=1S/C21H19N3O7/c25-19(22-13-2-4-15-18(8-13)29-6-5-28-15)9-14-20(26)24(21(27)23-14)10-12-1-3-16-17(7-12)31-11-30-16/h1-4,7-8,14H,5-6,9-11H2,(H,22,25)(H,23,27).